The lowest BCUT2D eigenvalue weighted by Gasteiger charge is -2.30. The molecule has 0 spiro atoms. The van der Waals surface area contributed by atoms with E-state index in [-0.39, 0.29) is 43.7 Å². The van der Waals surface area contributed by atoms with Crippen LogP contribution in [0, 0.1) is 5.92 Å². The Bertz CT molecular complexity index is 1740. The molecule has 4 aliphatic rings. The zero-order valence-corrected chi connectivity index (χ0v) is 31.3. The Hall–Kier alpha value is -4.67. The van der Waals surface area contributed by atoms with Crippen LogP contribution in [-0.2, 0) is 38.6 Å². The fraction of sp³-hybridized carbons (Fsp3) is 0.611. The number of amides is 5. The summed E-state index contributed by atoms with van der Waals surface area (Å²) in [5.41, 5.74) is -2.21. The third kappa shape index (κ3) is 10.1. The molecule has 0 radical (unpaired) electrons. The summed E-state index contributed by atoms with van der Waals surface area (Å²) < 4.78 is 43.8. The van der Waals surface area contributed by atoms with Gasteiger partial charge in [0.25, 0.3) is 5.91 Å². The first kappa shape index (κ1) is 39.5. The highest BCUT2D eigenvalue weighted by Gasteiger charge is 2.62. The number of carbonyl (C=O) groups is 6. The Morgan fingerprint density at radius 3 is 2.45 bits per heavy atom. The van der Waals surface area contributed by atoms with Crippen LogP contribution in [0.3, 0.4) is 0 Å². The normalized spacial score (nSPS) is 27.0. The second kappa shape index (κ2) is 16.1. The third-order valence-electron chi connectivity index (χ3n) is 9.47. The molecule has 5 amide bonds. The predicted octanol–water partition coefficient (Wildman–Crippen LogP) is 3.28. The first-order valence-electron chi connectivity index (χ1n) is 18.1. The molecule has 17 heteroatoms. The van der Waals surface area contributed by atoms with Crippen LogP contribution < -0.4 is 20.7 Å². The summed E-state index contributed by atoms with van der Waals surface area (Å²) in [6, 6.07) is 3.81. The summed E-state index contributed by atoms with van der Waals surface area (Å²) in [7, 11) is -3.93. The lowest BCUT2D eigenvalue weighted by Crippen LogP contribution is -2.58. The van der Waals surface area contributed by atoms with Gasteiger partial charge in [-0.25, -0.2) is 22.8 Å². The molecular formula is C36H49N5O11S. The number of ether oxygens (including phenoxy) is 3. The van der Waals surface area contributed by atoms with Gasteiger partial charge >= 0.3 is 18.2 Å². The Balaban J connectivity index is 1.41. The van der Waals surface area contributed by atoms with E-state index in [0.717, 1.165) is 6.42 Å². The zero-order chi connectivity index (χ0) is 38.6. The van der Waals surface area contributed by atoms with E-state index in [4.69, 9.17) is 14.2 Å². The van der Waals surface area contributed by atoms with E-state index in [1.165, 1.54) is 17.0 Å². The first-order valence-corrected chi connectivity index (χ1v) is 19.7. The minimum absolute atomic E-state index is 0.0938. The van der Waals surface area contributed by atoms with Crippen LogP contribution in [0.5, 0.6) is 0 Å². The van der Waals surface area contributed by atoms with Gasteiger partial charge in [0.2, 0.25) is 21.8 Å². The number of alkyl carbamates (subject to hydrolysis) is 1. The molecule has 2 saturated carbocycles. The maximum atomic E-state index is 14.3. The van der Waals surface area contributed by atoms with Gasteiger partial charge in [-0.15, -0.1) is 0 Å². The van der Waals surface area contributed by atoms with E-state index < -0.39 is 86.4 Å². The van der Waals surface area contributed by atoms with E-state index in [9.17, 15) is 37.2 Å². The molecule has 2 heterocycles. The minimum Gasteiger partial charge on any atom is -0.462 e. The third-order valence-corrected chi connectivity index (χ3v) is 11.3. The largest absolute Gasteiger partial charge is 0.462 e. The topological polar surface area (TPSA) is 216 Å². The number of hydrogen-bond acceptors (Lipinski definition) is 11. The van der Waals surface area contributed by atoms with Gasteiger partial charge < -0.3 is 29.7 Å². The molecule has 1 aromatic rings. The number of carbonyl (C=O) groups excluding carboxylic acids is 6. The van der Waals surface area contributed by atoms with E-state index in [0.29, 0.717) is 32.1 Å². The van der Waals surface area contributed by atoms with Crippen molar-refractivity contribution in [3.05, 3.63) is 42.0 Å². The van der Waals surface area contributed by atoms with Crippen molar-refractivity contribution in [1.82, 2.24) is 20.3 Å². The van der Waals surface area contributed by atoms with Crippen molar-refractivity contribution in [2.24, 2.45) is 5.92 Å². The first-order chi connectivity index (χ1) is 25.0. The van der Waals surface area contributed by atoms with E-state index in [2.05, 4.69) is 20.7 Å². The predicted molar refractivity (Wildman–Crippen MR) is 191 cm³/mol. The number of sulfonamides is 1. The molecule has 16 nitrogen and oxygen atoms in total. The number of nitrogens with one attached hydrogen (secondary N) is 4. The molecule has 2 aliphatic carbocycles. The second-order valence-corrected chi connectivity index (χ2v) is 16.8. The van der Waals surface area contributed by atoms with Crippen LogP contribution in [0.4, 0.5) is 15.3 Å². The van der Waals surface area contributed by atoms with Gasteiger partial charge in [-0.1, -0.05) is 37.1 Å². The van der Waals surface area contributed by atoms with Crippen LogP contribution in [0.15, 0.2) is 36.4 Å². The highest BCUT2D eigenvalue weighted by molar-refractivity contribution is 7.91. The van der Waals surface area contributed by atoms with Crippen LogP contribution in [0.2, 0.25) is 0 Å². The smallest absolute Gasteiger partial charge is 0.411 e. The number of esters is 1. The number of anilines is 1. The Labute approximate surface area is 309 Å². The molecule has 3 fully saturated rings. The summed E-state index contributed by atoms with van der Waals surface area (Å²) in [5.74, 6) is -3.37. The van der Waals surface area contributed by atoms with Gasteiger partial charge in [0.1, 0.15) is 29.3 Å². The average Bonchev–Trinajstić information content (AvgIpc) is 4.00. The summed E-state index contributed by atoms with van der Waals surface area (Å²) in [6.45, 7) is 6.58. The van der Waals surface area contributed by atoms with Gasteiger partial charge in [0, 0.05) is 12.3 Å². The number of fused-ring (bicyclic) bond motifs is 2. The van der Waals surface area contributed by atoms with Crippen LogP contribution in [0.1, 0.15) is 95.8 Å². The van der Waals surface area contributed by atoms with E-state index in [1.54, 1.807) is 45.9 Å². The molecule has 5 atom stereocenters. The van der Waals surface area contributed by atoms with Gasteiger partial charge in [0.15, 0.2) is 0 Å². The van der Waals surface area contributed by atoms with E-state index >= 15 is 0 Å². The maximum absolute atomic E-state index is 14.3. The Morgan fingerprint density at radius 2 is 1.75 bits per heavy atom. The molecule has 0 aromatic heterocycles. The second-order valence-electron chi connectivity index (χ2n) is 14.9. The molecule has 290 valence electrons. The fourth-order valence-electron chi connectivity index (χ4n) is 6.57. The molecule has 0 bridgehead atoms. The van der Waals surface area contributed by atoms with Gasteiger partial charge in [-0.3, -0.25) is 24.4 Å². The van der Waals surface area contributed by atoms with E-state index in [1.807, 2.05) is 6.08 Å². The van der Waals surface area contributed by atoms with Crippen LogP contribution >= 0.6 is 0 Å². The van der Waals surface area contributed by atoms with Gasteiger partial charge in [-0.05, 0) is 78.4 Å². The maximum Gasteiger partial charge on any atom is 0.411 e. The Kier molecular flexibility index (Phi) is 12.0. The Morgan fingerprint density at radius 1 is 1.02 bits per heavy atom. The van der Waals surface area contributed by atoms with Crippen molar-refractivity contribution in [2.45, 2.75) is 120 Å². The summed E-state index contributed by atoms with van der Waals surface area (Å²) in [6.07, 6.45) is 4.63. The molecule has 1 aromatic carbocycles. The highest BCUT2D eigenvalue weighted by Crippen LogP contribution is 2.46. The lowest BCUT2D eigenvalue weighted by atomic mass is 10.0. The SMILES string of the molecule is CCOC(=O)c1ccccc1NC(=O)O[C@@H]1C[C@H]2C(=O)N[C@]3(C(=O)NS(=O)(=O)C4CC4)C[C@H]3/C=C\CCCCC[C@H](NC(=O)OC(C)(C)C)C(=O)N2C1. The number of para-hydroxylation sites is 1. The summed E-state index contributed by atoms with van der Waals surface area (Å²) in [5, 5.41) is 7.28. The monoisotopic (exact) mass is 759 g/mol. The van der Waals surface area contributed by atoms with Crippen molar-refractivity contribution in [3.8, 4) is 0 Å². The number of rotatable bonds is 8. The van der Waals surface area contributed by atoms with Crippen LogP contribution in [0.25, 0.3) is 0 Å². The standard InChI is InChI=1S/C36H49N5O11S/c1-5-50-31(44)25-14-11-12-15-26(25)37-33(46)51-23-19-28-29(42)39-36(32(45)40-53(48,49)24-17-18-24)20-22(36)13-9-7-6-8-10-16-27(30(43)41(28)21-23)38-34(47)52-35(2,3)4/h9,11-15,22-24,27-28H,5-8,10,16-21H2,1-4H3,(H,37,46)(H,38,47)(H,39,42)(H,40,45)/b13-9-/t22-,23-,27+,28+,36-/m1/s1. The lowest BCUT2D eigenvalue weighted by molar-refractivity contribution is -0.141. The quantitative estimate of drug-likeness (QED) is 0.171. The van der Waals surface area contributed by atoms with Crippen LogP contribution in [-0.4, -0.2) is 96.9 Å². The number of hydrogen-bond donors (Lipinski definition) is 4. The van der Waals surface area contributed by atoms with Crippen molar-refractivity contribution >= 4 is 51.6 Å². The van der Waals surface area contributed by atoms with Crippen molar-refractivity contribution < 1.29 is 51.4 Å². The number of nitrogens with zero attached hydrogens (tertiary/aromatic N) is 1. The average molecular weight is 760 g/mol. The number of allylic oxidation sites excluding steroid dienone is 1. The van der Waals surface area contributed by atoms with Crippen molar-refractivity contribution in [2.75, 3.05) is 18.5 Å². The van der Waals surface area contributed by atoms with Crippen molar-refractivity contribution in [3.63, 3.8) is 0 Å². The fourth-order valence-corrected chi connectivity index (χ4v) is 7.93. The molecule has 1 saturated heterocycles. The molecule has 5 rings (SSSR count). The van der Waals surface area contributed by atoms with Gasteiger partial charge in [0.05, 0.1) is 29.7 Å². The minimum atomic E-state index is -3.93. The van der Waals surface area contributed by atoms with Crippen molar-refractivity contribution in [1.29, 1.82) is 0 Å². The molecule has 0 unspecified atom stereocenters. The summed E-state index contributed by atoms with van der Waals surface area (Å²) >= 11 is 0. The molecule has 4 N–H and O–H groups in total. The molecule has 2 aliphatic heterocycles. The molecule has 53 heavy (non-hydrogen) atoms. The summed E-state index contributed by atoms with van der Waals surface area (Å²) in [4.78, 5) is 81.8. The number of benzene rings is 1. The highest BCUT2D eigenvalue weighted by atomic mass is 32.2. The molecular weight excluding hydrogens is 710 g/mol. The van der Waals surface area contributed by atoms with Gasteiger partial charge in [-0.2, -0.15) is 0 Å². The zero-order valence-electron chi connectivity index (χ0n) is 30.5.